The summed E-state index contributed by atoms with van der Waals surface area (Å²) in [6, 6.07) is 7.07. The van der Waals surface area contributed by atoms with Crippen molar-refractivity contribution in [2.75, 3.05) is 19.6 Å². The first-order valence-corrected chi connectivity index (χ1v) is 9.14. The van der Waals surface area contributed by atoms with Gasteiger partial charge in [0.05, 0.1) is 17.2 Å². The van der Waals surface area contributed by atoms with Crippen LogP contribution in [0, 0.1) is 0 Å². The molecule has 0 radical (unpaired) electrons. The van der Waals surface area contributed by atoms with Crippen LogP contribution in [0.2, 0.25) is 0 Å². The lowest BCUT2D eigenvalue weighted by Crippen LogP contribution is -2.36. The standard InChI is InChI=1S/C19H24N4O3/c24-17(20-10-6-12-22-11-5-1-2-9-18(22)25)13-23-14-21-16-8-4-3-7-15(16)19(23)26/h3-4,7-8,14H,1-2,5-6,9-13H2,(H,20,24). The van der Waals surface area contributed by atoms with Gasteiger partial charge in [0.25, 0.3) is 5.56 Å². The Hall–Kier alpha value is -2.70. The quantitative estimate of drug-likeness (QED) is 0.791. The summed E-state index contributed by atoms with van der Waals surface area (Å²) in [6.07, 6.45) is 5.87. The molecule has 7 nitrogen and oxygen atoms in total. The molecule has 0 bridgehead atoms. The van der Waals surface area contributed by atoms with Gasteiger partial charge < -0.3 is 10.2 Å². The van der Waals surface area contributed by atoms with Crippen LogP contribution in [0.15, 0.2) is 35.4 Å². The monoisotopic (exact) mass is 356 g/mol. The van der Waals surface area contributed by atoms with E-state index in [1.807, 2.05) is 11.0 Å². The minimum atomic E-state index is -0.230. The third kappa shape index (κ3) is 4.47. The molecule has 1 aromatic heterocycles. The molecule has 0 aliphatic carbocycles. The summed E-state index contributed by atoms with van der Waals surface area (Å²) in [5.41, 5.74) is 0.400. The third-order valence-electron chi connectivity index (χ3n) is 4.64. The summed E-state index contributed by atoms with van der Waals surface area (Å²) in [5.74, 6) is -0.0195. The summed E-state index contributed by atoms with van der Waals surface area (Å²) in [7, 11) is 0. The normalized spacial score (nSPS) is 15.1. The van der Waals surface area contributed by atoms with Crippen LogP contribution < -0.4 is 10.9 Å². The molecule has 1 N–H and O–H groups in total. The number of hydrogen-bond donors (Lipinski definition) is 1. The Labute approximate surface area is 152 Å². The fourth-order valence-electron chi connectivity index (χ4n) is 3.20. The molecule has 2 aromatic rings. The molecule has 26 heavy (non-hydrogen) atoms. The number of nitrogens with zero attached hydrogens (tertiary/aromatic N) is 3. The van der Waals surface area contributed by atoms with Gasteiger partial charge in [-0.25, -0.2) is 4.98 Å². The van der Waals surface area contributed by atoms with Gasteiger partial charge in [0, 0.05) is 26.1 Å². The Morgan fingerprint density at radius 1 is 1.15 bits per heavy atom. The largest absolute Gasteiger partial charge is 0.354 e. The summed E-state index contributed by atoms with van der Waals surface area (Å²) in [6.45, 7) is 1.90. The molecule has 1 saturated heterocycles. The SMILES string of the molecule is O=C(Cn1cnc2ccccc2c1=O)NCCCN1CCCCCC1=O. The van der Waals surface area contributed by atoms with Gasteiger partial charge in [-0.2, -0.15) is 0 Å². The average molecular weight is 356 g/mol. The minimum absolute atomic E-state index is 0.0562. The van der Waals surface area contributed by atoms with E-state index in [0.717, 1.165) is 25.8 Å². The molecular weight excluding hydrogens is 332 g/mol. The highest BCUT2D eigenvalue weighted by atomic mass is 16.2. The highest BCUT2D eigenvalue weighted by molar-refractivity contribution is 5.79. The van der Waals surface area contributed by atoms with Crippen LogP contribution in [-0.2, 0) is 16.1 Å². The van der Waals surface area contributed by atoms with E-state index in [0.29, 0.717) is 36.8 Å². The zero-order chi connectivity index (χ0) is 18.4. The van der Waals surface area contributed by atoms with Gasteiger partial charge >= 0.3 is 0 Å². The maximum atomic E-state index is 12.4. The molecule has 2 heterocycles. The van der Waals surface area contributed by atoms with Gasteiger partial charge in [0.15, 0.2) is 0 Å². The lowest BCUT2D eigenvalue weighted by molar-refractivity contribution is -0.130. The predicted octanol–water partition coefficient (Wildman–Crippen LogP) is 1.31. The topological polar surface area (TPSA) is 84.3 Å². The van der Waals surface area contributed by atoms with E-state index in [-0.39, 0.29) is 23.9 Å². The molecule has 1 aliphatic heterocycles. The molecule has 3 rings (SSSR count). The van der Waals surface area contributed by atoms with E-state index in [2.05, 4.69) is 10.3 Å². The van der Waals surface area contributed by atoms with Gasteiger partial charge in [-0.1, -0.05) is 18.6 Å². The molecule has 138 valence electrons. The zero-order valence-corrected chi connectivity index (χ0v) is 14.8. The van der Waals surface area contributed by atoms with Crippen molar-refractivity contribution in [3.05, 3.63) is 40.9 Å². The third-order valence-corrected chi connectivity index (χ3v) is 4.64. The van der Waals surface area contributed by atoms with Crippen LogP contribution in [0.5, 0.6) is 0 Å². The van der Waals surface area contributed by atoms with E-state index in [9.17, 15) is 14.4 Å². The predicted molar refractivity (Wildman–Crippen MR) is 98.7 cm³/mol. The highest BCUT2D eigenvalue weighted by Gasteiger charge is 2.15. The number of nitrogens with one attached hydrogen (secondary N) is 1. The molecule has 1 aromatic carbocycles. The minimum Gasteiger partial charge on any atom is -0.354 e. The van der Waals surface area contributed by atoms with Crippen LogP contribution in [-0.4, -0.2) is 45.9 Å². The van der Waals surface area contributed by atoms with Crippen molar-refractivity contribution in [1.82, 2.24) is 19.8 Å². The number of carbonyl (C=O) groups excluding carboxylic acids is 2. The number of fused-ring (bicyclic) bond motifs is 1. The average Bonchev–Trinajstić information content (AvgIpc) is 2.86. The van der Waals surface area contributed by atoms with Crippen molar-refractivity contribution in [2.24, 2.45) is 0 Å². The van der Waals surface area contributed by atoms with Crippen molar-refractivity contribution in [1.29, 1.82) is 0 Å². The summed E-state index contributed by atoms with van der Waals surface area (Å²) < 4.78 is 1.32. The molecule has 0 saturated carbocycles. The molecule has 2 amide bonds. The molecule has 0 atom stereocenters. The lowest BCUT2D eigenvalue weighted by atomic mass is 10.2. The van der Waals surface area contributed by atoms with Crippen LogP contribution in [0.4, 0.5) is 0 Å². The number of hydrogen-bond acceptors (Lipinski definition) is 4. The number of likely N-dealkylation sites (tertiary alicyclic amines) is 1. The number of aromatic nitrogens is 2. The summed E-state index contributed by atoms with van der Waals surface area (Å²) >= 11 is 0. The Kier molecular flexibility index (Phi) is 5.99. The second-order valence-electron chi connectivity index (χ2n) is 6.59. The fourth-order valence-corrected chi connectivity index (χ4v) is 3.20. The van der Waals surface area contributed by atoms with Gasteiger partial charge in [0.1, 0.15) is 6.54 Å². The Bertz CT molecular complexity index is 846. The Morgan fingerprint density at radius 2 is 2.00 bits per heavy atom. The molecule has 1 aliphatic rings. The second-order valence-corrected chi connectivity index (χ2v) is 6.59. The second kappa shape index (κ2) is 8.60. The van der Waals surface area contributed by atoms with Crippen molar-refractivity contribution >= 4 is 22.7 Å². The number of amides is 2. The Morgan fingerprint density at radius 3 is 2.88 bits per heavy atom. The molecule has 0 unspecified atom stereocenters. The highest BCUT2D eigenvalue weighted by Crippen LogP contribution is 2.11. The van der Waals surface area contributed by atoms with Crippen LogP contribution in [0.25, 0.3) is 10.9 Å². The summed E-state index contributed by atoms with van der Waals surface area (Å²) in [5, 5.41) is 3.31. The Balaban J connectivity index is 1.48. The first-order chi connectivity index (χ1) is 12.6. The van der Waals surface area contributed by atoms with Crippen molar-refractivity contribution < 1.29 is 9.59 Å². The van der Waals surface area contributed by atoms with E-state index < -0.39 is 0 Å². The van der Waals surface area contributed by atoms with Crippen molar-refractivity contribution in [3.63, 3.8) is 0 Å². The van der Waals surface area contributed by atoms with E-state index in [4.69, 9.17) is 0 Å². The van der Waals surface area contributed by atoms with E-state index in [1.54, 1.807) is 18.2 Å². The maximum Gasteiger partial charge on any atom is 0.261 e. The van der Waals surface area contributed by atoms with Crippen molar-refractivity contribution in [3.8, 4) is 0 Å². The zero-order valence-electron chi connectivity index (χ0n) is 14.8. The molecule has 1 fully saturated rings. The number of rotatable bonds is 6. The number of benzene rings is 1. The lowest BCUT2D eigenvalue weighted by Gasteiger charge is -2.20. The van der Waals surface area contributed by atoms with E-state index >= 15 is 0 Å². The van der Waals surface area contributed by atoms with Crippen LogP contribution in [0.1, 0.15) is 32.1 Å². The van der Waals surface area contributed by atoms with E-state index in [1.165, 1.54) is 10.9 Å². The van der Waals surface area contributed by atoms with Gasteiger partial charge in [-0.05, 0) is 31.4 Å². The van der Waals surface area contributed by atoms with Crippen molar-refractivity contribution in [2.45, 2.75) is 38.6 Å². The molecule has 7 heteroatoms. The van der Waals surface area contributed by atoms with Gasteiger partial charge in [-0.3, -0.25) is 19.0 Å². The first kappa shape index (κ1) is 18.1. The number of para-hydroxylation sites is 1. The smallest absolute Gasteiger partial charge is 0.261 e. The van der Waals surface area contributed by atoms with Crippen LogP contribution in [0.3, 0.4) is 0 Å². The fraction of sp³-hybridized carbons (Fsp3) is 0.474. The van der Waals surface area contributed by atoms with Crippen LogP contribution >= 0.6 is 0 Å². The number of carbonyl (C=O) groups is 2. The van der Waals surface area contributed by atoms with Gasteiger partial charge in [-0.15, -0.1) is 0 Å². The molecule has 0 spiro atoms. The summed E-state index contributed by atoms with van der Waals surface area (Å²) in [4.78, 5) is 42.5. The maximum absolute atomic E-state index is 12.4. The molecular formula is C19H24N4O3. The first-order valence-electron chi connectivity index (χ1n) is 9.14. The van der Waals surface area contributed by atoms with Gasteiger partial charge in [0.2, 0.25) is 11.8 Å².